The maximum absolute atomic E-state index is 12.4. The van der Waals surface area contributed by atoms with E-state index in [1.165, 1.54) is 0 Å². The van der Waals surface area contributed by atoms with Crippen LogP contribution in [0, 0.1) is 34.5 Å². The van der Waals surface area contributed by atoms with Gasteiger partial charge in [0.05, 0.1) is 12.2 Å². The van der Waals surface area contributed by atoms with E-state index < -0.39 is 29.5 Å². The maximum Gasteiger partial charge on any atom is 0.190 e. The predicted molar refractivity (Wildman–Crippen MR) is 96.2 cm³/mol. The number of hydrogen-bond acceptors (Lipinski definition) is 5. The molecule has 0 aliphatic heterocycles. The molecule has 0 radical (unpaired) electrons. The molecule has 0 bridgehead atoms. The molecule has 0 spiro atoms. The number of aliphatic hydroxyl groups is 4. The molecule has 4 aliphatic rings. The molecule has 4 rings (SSSR count). The minimum Gasteiger partial charge on any atom is -0.393 e. The SMILES string of the molecule is C[C@]12CCC(O)CC1C(O)C[C@@H]1[C@@H]2CC[C@@]2(C)[C@H]1CC[C@]2(O)C(=O)CO. The Balaban J connectivity index is 1.67. The van der Waals surface area contributed by atoms with E-state index in [1.54, 1.807) is 0 Å². The summed E-state index contributed by atoms with van der Waals surface area (Å²) < 4.78 is 0. The highest BCUT2D eigenvalue weighted by atomic mass is 16.3. The zero-order chi connectivity index (χ0) is 18.9. The fraction of sp³-hybridized carbons (Fsp3) is 0.952. The van der Waals surface area contributed by atoms with Gasteiger partial charge in [0.15, 0.2) is 5.78 Å². The van der Waals surface area contributed by atoms with Crippen LogP contribution in [0.15, 0.2) is 0 Å². The minimum atomic E-state index is -1.43. The molecule has 9 atom stereocenters. The summed E-state index contributed by atoms with van der Waals surface area (Å²) in [6.07, 6.45) is 5.39. The van der Waals surface area contributed by atoms with Crippen LogP contribution in [0.5, 0.6) is 0 Å². The van der Waals surface area contributed by atoms with Crippen LogP contribution in [0.1, 0.15) is 65.2 Å². The minimum absolute atomic E-state index is 0.0323. The van der Waals surface area contributed by atoms with Crippen molar-refractivity contribution in [2.24, 2.45) is 34.5 Å². The molecule has 4 N–H and O–H groups in total. The Morgan fingerprint density at radius 3 is 2.35 bits per heavy atom. The Hall–Kier alpha value is -0.490. The first-order chi connectivity index (χ1) is 12.2. The third-order valence-electron chi connectivity index (χ3n) is 9.41. The fourth-order valence-corrected chi connectivity index (χ4v) is 7.88. The first-order valence-electron chi connectivity index (χ1n) is 10.4. The van der Waals surface area contributed by atoms with Gasteiger partial charge >= 0.3 is 0 Å². The number of ketones is 1. The number of aliphatic hydroxyl groups excluding tert-OH is 3. The van der Waals surface area contributed by atoms with Crippen LogP contribution in [-0.2, 0) is 4.79 Å². The van der Waals surface area contributed by atoms with Gasteiger partial charge in [0, 0.05) is 5.41 Å². The second-order valence-electron chi connectivity index (χ2n) is 10.2. The van der Waals surface area contributed by atoms with Crippen LogP contribution in [0.3, 0.4) is 0 Å². The Morgan fingerprint density at radius 1 is 0.962 bits per heavy atom. The Bertz CT molecular complexity index is 593. The third-order valence-corrected chi connectivity index (χ3v) is 9.41. The first kappa shape index (κ1) is 18.9. The van der Waals surface area contributed by atoms with E-state index >= 15 is 0 Å². The molecule has 5 heteroatoms. The van der Waals surface area contributed by atoms with Crippen molar-refractivity contribution < 1.29 is 25.2 Å². The third kappa shape index (κ3) is 2.27. The summed E-state index contributed by atoms with van der Waals surface area (Å²) in [5.41, 5.74) is -1.90. The number of rotatable bonds is 2. The van der Waals surface area contributed by atoms with Crippen LogP contribution in [0.2, 0.25) is 0 Å². The van der Waals surface area contributed by atoms with Crippen molar-refractivity contribution >= 4 is 5.78 Å². The maximum atomic E-state index is 12.4. The van der Waals surface area contributed by atoms with Crippen molar-refractivity contribution in [2.75, 3.05) is 6.61 Å². The molecule has 4 saturated carbocycles. The Labute approximate surface area is 155 Å². The molecule has 4 fully saturated rings. The van der Waals surface area contributed by atoms with Crippen molar-refractivity contribution in [3.63, 3.8) is 0 Å². The van der Waals surface area contributed by atoms with Gasteiger partial charge in [-0.15, -0.1) is 0 Å². The van der Waals surface area contributed by atoms with Crippen molar-refractivity contribution in [1.29, 1.82) is 0 Å². The topological polar surface area (TPSA) is 98.0 Å². The number of fused-ring (bicyclic) bond motifs is 5. The molecule has 26 heavy (non-hydrogen) atoms. The van der Waals surface area contributed by atoms with Crippen LogP contribution in [0.25, 0.3) is 0 Å². The molecule has 0 heterocycles. The second-order valence-corrected chi connectivity index (χ2v) is 10.2. The number of hydrogen-bond donors (Lipinski definition) is 4. The summed E-state index contributed by atoms with van der Waals surface area (Å²) >= 11 is 0. The summed E-state index contributed by atoms with van der Waals surface area (Å²) in [5, 5.41) is 41.6. The van der Waals surface area contributed by atoms with Crippen LogP contribution >= 0.6 is 0 Å². The zero-order valence-corrected chi connectivity index (χ0v) is 16.0. The van der Waals surface area contributed by atoms with Gasteiger partial charge in [-0.25, -0.2) is 0 Å². The van der Waals surface area contributed by atoms with Gasteiger partial charge in [-0.2, -0.15) is 0 Å². The van der Waals surface area contributed by atoms with E-state index in [1.807, 2.05) is 6.92 Å². The van der Waals surface area contributed by atoms with E-state index in [2.05, 4.69) is 6.92 Å². The fourth-order valence-electron chi connectivity index (χ4n) is 7.88. The summed E-state index contributed by atoms with van der Waals surface area (Å²) in [4.78, 5) is 12.4. The summed E-state index contributed by atoms with van der Waals surface area (Å²) in [5.74, 6) is 0.702. The lowest BCUT2D eigenvalue weighted by Crippen LogP contribution is -2.61. The quantitative estimate of drug-likeness (QED) is 0.596. The highest BCUT2D eigenvalue weighted by molar-refractivity contribution is 5.89. The van der Waals surface area contributed by atoms with Gasteiger partial charge in [0.25, 0.3) is 0 Å². The largest absolute Gasteiger partial charge is 0.393 e. The lowest BCUT2D eigenvalue weighted by atomic mass is 9.43. The van der Waals surface area contributed by atoms with Gasteiger partial charge < -0.3 is 20.4 Å². The predicted octanol–water partition coefficient (Wildman–Crippen LogP) is 1.65. The van der Waals surface area contributed by atoms with Crippen molar-refractivity contribution in [1.82, 2.24) is 0 Å². The number of carbonyl (C=O) groups excluding carboxylic acids is 1. The van der Waals surface area contributed by atoms with Crippen LogP contribution in [0.4, 0.5) is 0 Å². The summed E-state index contributed by atoms with van der Waals surface area (Å²) in [7, 11) is 0. The Morgan fingerprint density at radius 2 is 1.65 bits per heavy atom. The zero-order valence-electron chi connectivity index (χ0n) is 16.0. The molecule has 0 aromatic rings. The normalized spacial score (nSPS) is 56.4. The number of Topliss-reactive ketones (excluding diaryl/α,β-unsaturated/α-hetero) is 1. The first-order valence-corrected chi connectivity index (χ1v) is 10.4. The monoisotopic (exact) mass is 366 g/mol. The molecule has 0 amide bonds. The van der Waals surface area contributed by atoms with Crippen molar-refractivity contribution in [2.45, 2.75) is 83.0 Å². The number of carbonyl (C=O) groups is 1. The molecular formula is C21H34O5. The molecule has 5 nitrogen and oxygen atoms in total. The standard InChI is InChI=1S/C21H34O5/c1-19-6-3-12(23)9-16(19)17(24)10-13-14(19)4-7-20(2)15(13)5-8-21(20,26)18(25)11-22/h12-17,22-24,26H,3-11H2,1-2H3/t12?,13-,14+,15+,16?,17?,19-,20+,21+/m1/s1. The van der Waals surface area contributed by atoms with Crippen molar-refractivity contribution in [3.05, 3.63) is 0 Å². The Kier molecular flexibility index (Phi) is 4.35. The van der Waals surface area contributed by atoms with E-state index in [4.69, 9.17) is 0 Å². The average molecular weight is 366 g/mol. The highest BCUT2D eigenvalue weighted by Crippen LogP contribution is 2.68. The van der Waals surface area contributed by atoms with Crippen molar-refractivity contribution in [3.8, 4) is 0 Å². The summed E-state index contributed by atoms with van der Waals surface area (Å²) in [6.45, 7) is 3.72. The summed E-state index contributed by atoms with van der Waals surface area (Å²) in [6, 6.07) is 0. The van der Waals surface area contributed by atoms with Gasteiger partial charge in [-0.3, -0.25) is 4.79 Å². The lowest BCUT2D eigenvalue weighted by Gasteiger charge is -2.62. The highest BCUT2D eigenvalue weighted by Gasteiger charge is 2.67. The molecule has 0 aromatic heterocycles. The van der Waals surface area contributed by atoms with Gasteiger partial charge in [-0.1, -0.05) is 13.8 Å². The molecular weight excluding hydrogens is 332 g/mol. The van der Waals surface area contributed by atoms with Gasteiger partial charge in [0.1, 0.15) is 12.2 Å². The van der Waals surface area contributed by atoms with E-state index in [9.17, 15) is 25.2 Å². The molecule has 0 saturated heterocycles. The average Bonchev–Trinajstić information content (AvgIpc) is 2.88. The van der Waals surface area contributed by atoms with Gasteiger partial charge in [-0.05, 0) is 80.5 Å². The molecule has 4 aliphatic carbocycles. The van der Waals surface area contributed by atoms with Gasteiger partial charge in [0.2, 0.25) is 0 Å². The van der Waals surface area contributed by atoms with E-state index in [0.717, 1.165) is 32.1 Å². The lowest BCUT2D eigenvalue weighted by molar-refractivity contribution is -0.191. The second kappa shape index (κ2) is 6.00. The van der Waals surface area contributed by atoms with Crippen LogP contribution in [-0.4, -0.2) is 50.6 Å². The molecule has 3 unspecified atom stereocenters. The molecule has 0 aromatic carbocycles. The van der Waals surface area contributed by atoms with E-state index in [0.29, 0.717) is 31.1 Å². The molecule has 148 valence electrons. The smallest absolute Gasteiger partial charge is 0.190 e. The van der Waals surface area contributed by atoms with Crippen LogP contribution < -0.4 is 0 Å². The van der Waals surface area contributed by atoms with E-state index in [-0.39, 0.29) is 23.4 Å².